The first kappa shape index (κ1) is 8.91. The first-order chi connectivity index (χ1) is 5.69. The van der Waals surface area contributed by atoms with E-state index in [9.17, 15) is 0 Å². The van der Waals surface area contributed by atoms with Crippen LogP contribution >= 0.6 is 0 Å². The molecule has 0 saturated carbocycles. The van der Waals surface area contributed by atoms with Crippen LogP contribution in [0, 0.1) is 6.92 Å². The lowest BCUT2D eigenvalue weighted by Crippen LogP contribution is -1.99. The summed E-state index contributed by atoms with van der Waals surface area (Å²) in [6, 6.07) is 4.23. The summed E-state index contributed by atoms with van der Waals surface area (Å²) >= 11 is 0. The van der Waals surface area contributed by atoms with E-state index in [0.29, 0.717) is 0 Å². The second kappa shape index (κ2) is 3.48. The maximum absolute atomic E-state index is 5.85. The molecule has 0 fully saturated rings. The Balaban J connectivity index is 3.19. The van der Waals surface area contributed by atoms with Crippen molar-refractivity contribution < 1.29 is 0 Å². The molecule has 3 N–H and O–H groups in total. The minimum atomic E-state index is 0.856. The van der Waals surface area contributed by atoms with Gasteiger partial charge < -0.3 is 11.1 Å². The molecule has 0 bridgehead atoms. The monoisotopic (exact) mass is 164 g/mol. The van der Waals surface area contributed by atoms with E-state index < -0.39 is 0 Å². The molecule has 0 atom stereocenters. The zero-order valence-corrected chi connectivity index (χ0v) is 7.94. The van der Waals surface area contributed by atoms with Crippen molar-refractivity contribution in [1.82, 2.24) is 0 Å². The fraction of sp³-hybridized carbons (Fsp3) is 0.400. The van der Waals surface area contributed by atoms with E-state index in [1.165, 1.54) is 5.56 Å². The number of hydrogen-bond acceptors (Lipinski definition) is 2. The Morgan fingerprint density at radius 3 is 2.58 bits per heavy atom. The van der Waals surface area contributed by atoms with Gasteiger partial charge in [0, 0.05) is 7.05 Å². The van der Waals surface area contributed by atoms with Crippen molar-refractivity contribution in [2.75, 3.05) is 18.1 Å². The van der Waals surface area contributed by atoms with Gasteiger partial charge in [-0.1, -0.05) is 13.0 Å². The zero-order chi connectivity index (χ0) is 9.14. The van der Waals surface area contributed by atoms with Crippen LogP contribution in [0.1, 0.15) is 18.1 Å². The molecule has 1 aromatic carbocycles. The molecule has 66 valence electrons. The van der Waals surface area contributed by atoms with Crippen molar-refractivity contribution >= 4 is 11.4 Å². The molecular weight excluding hydrogens is 148 g/mol. The van der Waals surface area contributed by atoms with Crippen molar-refractivity contribution in [3.63, 3.8) is 0 Å². The number of nitrogens with two attached hydrogens (primary N) is 1. The molecule has 1 aromatic rings. The van der Waals surface area contributed by atoms with E-state index in [4.69, 9.17) is 5.73 Å². The van der Waals surface area contributed by atoms with Crippen LogP contribution in [0.4, 0.5) is 11.4 Å². The van der Waals surface area contributed by atoms with E-state index in [2.05, 4.69) is 24.4 Å². The third-order valence-electron chi connectivity index (χ3n) is 2.12. The van der Waals surface area contributed by atoms with Gasteiger partial charge in [-0.3, -0.25) is 0 Å². The van der Waals surface area contributed by atoms with E-state index in [1.807, 2.05) is 14.0 Å². The summed E-state index contributed by atoms with van der Waals surface area (Å²) < 4.78 is 0. The summed E-state index contributed by atoms with van der Waals surface area (Å²) in [5.41, 5.74) is 10.2. The highest BCUT2D eigenvalue weighted by Gasteiger charge is 2.01. The molecule has 2 heteroatoms. The molecule has 12 heavy (non-hydrogen) atoms. The van der Waals surface area contributed by atoms with Gasteiger partial charge in [0.05, 0.1) is 11.4 Å². The Morgan fingerprint density at radius 2 is 2.08 bits per heavy atom. The molecule has 0 saturated heterocycles. The molecule has 1 rings (SSSR count). The average molecular weight is 164 g/mol. The highest BCUT2D eigenvalue weighted by atomic mass is 14.8. The maximum atomic E-state index is 5.85. The van der Waals surface area contributed by atoms with Crippen molar-refractivity contribution in [2.45, 2.75) is 20.3 Å². The third-order valence-corrected chi connectivity index (χ3v) is 2.12. The summed E-state index contributed by atoms with van der Waals surface area (Å²) in [7, 11) is 1.89. The number of aryl methyl sites for hydroxylation is 2. The summed E-state index contributed by atoms with van der Waals surface area (Å²) in [5, 5.41) is 3.09. The highest BCUT2D eigenvalue weighted by molar-refractivity contribution is 5.70. The Morgan fingerprint density at radius 1 is 1.42 bits per heavy atom. The van der Waals surface area contributed by atoms with Gasteiger partial charge in [0.1, 0.15) is 0 Å². The van der Waals surface area contributed by atoms with Crippen LogP contribution in [0.25, 0.3) is 0 Å². The third kappa shape index (κ3) is 1.52. The molecule has 0 aliphatic carbocycles. The van der Waals surface area contributed by atoms with E-state index in [0.717, 1.165) is 23.4 Å². The number of anilines is 2. The molecular formula is C10H16N2. The molecule has 0 aliphatic heterocycles. The van der Waals surface area contributed by atoms with Crippen molar-refractivity contribution in [2.24, 2.45) is 0 Å². The SMILES string of the molecule is CCc1cc(C)c(N)c(NC)c1. The first-order valence-electron chi connectivity index (χ1n) is 4.25. The Kier molecular flexibility index (Phi) is 2.58. The van der Waals surface area contributed by atoms with Crippen LogP contribution in [0.15, 0.2) is 12.1 Å². The van der Waals surface area contributed by atoms with Gasteiger partial charge in [-0.15, -0.1) is 0 Å². The fourth-order valence-electron chi connectivity index (χ4n) is 1.28. The number of rotatable bonds is 2. The molecule has 0 amide bonds. The normalized spacial score (nSPS) is 9.92. The minimum Gasteiger partial charge on any atom is -0.397 e. The van der Waals surface area contributed by atoms with Crippen LogP contribution in [-0.4, -0.2) is 7.05 Å². The lowest BCUT2D eigenvalue weighted by Gasteiger charge is -2.10. The van der Waals surface area contributed by atoms with E-state index in [1.54, 1.807) is 0 Å². The predicted octanol–water partition coefficient (Wildman–Crippen LogP) is 2.18. The van der Waals surface area contributed by atoms with E-state index in [-0.39, 0.29) is 0 Å². The lowest BCUT2D eigenvalue weighted by molar-refractivity contribution is 1.13. The molecule has 0 heterocycles. The standard InChI is InChI=1S/C10H16N2/c1-4-8-5-7(2)10(11)9(6-8)12-3/h5-6,12H,4,11H2,1-3H3. The number of nitrogens with one attached hydrogen (secondary N) is 1. The van der Waals surface area contributed by atoms with Gasteiger partial charge in [-0.05, 0) is 30.5 Å². The Hall–Kier alpha value is -1.18. The second-order valence-electron chi connectivity index (χ2n) is 2.98. The molecule has 0 spiro atoms. The largest absolute Gasteiger partial charge is 0.397 e. The molecule has 2 nitrogen and oxygen atoms in total. The van der Waals surface area contributed by atoms with Crippen LogP contribution in [-0.2, 0) is 6.42 Å². The molecule has 0 aromatic heterocycles. The molecule has 0 unspecified atom stereocenters. The fourth-order valence-corrected chi connectivity index (χ4v) is 1.28. The van der Waals surface area contributed by atoms with Gasteiger partial charge >= 0.3 is 0 Å². The maximum Gasteiger partial charge on any atom is 0.0579 e. The summed E-state index contributed by atoms with van der Waals surface area (Å²) in [4.78, 5) is 0. The van der Waals surface area contributed by atoms with Crippen LogP contribution in [0.5, 0.6) is 0 Å². The molecule has 0 radical (unpaired) electrons. The van der Waals surface area contributed by atoms with Gasteiger partial charge in [0.2, 0.25) is 0 Å². The summed E-state index contributed by atoms with van der Waals surface area (Å²) in [5.74, 6) is 0. The minimum absolute atomic E-state index is 0.856. The second-order valence-corrected chi connectivity index (χ2v) is 2.98. The van der Waals surface area contributed by atoms with Gasteiger partial charge in [0.15, 0.2) is 0 Å². The van der Waals surface area contributed by atoms with Crippen LogP contribution in [0.2, 0.25) is 0 Å². The predicted molar refractivity (Wildman–Crippen MR) is 54.5 cm³/mol. The number of nitrogen functional groups attached to an aromatic ring is 1. The van der Waals surface area contributed by atoms with Gasteiger partial charge in [-0.2, -0.15) is 0 Å². The lowest BCUT2D eigenvalue weighted by atomic mass is 10.1. The van der Waals surface area contributed by atoms with Crippen molar-refractivity contribution in [3.05, 3.63) is 23.3 Å². The van der Waals surface area contributed by atoms with Crippen LogP contribution in [0.3, 0.4) is 0 Å². The summed E-state index contributed by atoms with van der Waals surface area (Å²) in [6.07, 6.45) is 1.05. The van der Waals surface area contributed by atoms with Gasteiger partial charge in [-0.25, -0.2) is 0 Å². The van der Waals surface area contributed by atoms with Gasteiger partial charge in [0.25, 0.3) is 0 Å². The van der Waals surface area contributed by atoms with Crippen LogP contribution < -0.4 is 11.1 Å². The smallest absolute Gasteiger partial charge is 0.0579 e. The zero-order valence-electron chi connectivity index (χ0n) is 7.94. The Labute approximate surface area is 73.8 Å². The number of hydrogen-bond donors (Lipinski definition) is 2. The molecule has 0 aliphatic rings. The number of benzene rings is 1. The average Bonchev–Trinajstić information content (AvgIpc) is 2.09. The van der Waals surface area contributed by atoms with Crippen molar-refractivity contribution in [1.29, 1.82) is 0 Å². The summed E-state index contributed by atoms with van der Waals surface area (Å²) in [6.45, 7) is 4.18. The Bertz CT molecular complexity index is 279. The van der Waals surface area contributed by atoms with E-state index >= 15 is 0 Å². The first-order valence-corrected chi connectivity index (χ1v) is 4.25. The highest BCUT2D eigenvalue weighted by Crippen LogP contribution is 2.24. The topological polar surface area (TPSA) is 38.0 Å². The van der Waals surface area contributed by atoms with Crippen molar-refractivity contribution in [3.8, 4) is 0 Å². The quantitative estimate of drug-likeness (QED) is 0.657.